The van der Waals surface area contributed by atoms with Crippen molar-refractivity contribution in [1.82, 2.24) is 0 Å². The molecule has 0 aromatic rings. The van der Waals surface area contributed by atoms with Gasteiger partial charge in [-0.3, -0.25) is 37.3 Å². The summed E-state index contributed by atoms with van der Waals surface area (Å²) in [6, 6.07) is 0. The van der Waals surface area contributed by atoms with Gasteiger partial charge in [-0.1, -0.05) is 364 Å². The second kappa shape index (κ2) is 70.1. The Hall–Kier alpha value is -1.94. The number of carbonyl (C=O) groups excluding carboxylic acids is 4. The minimum atomic E-state index is -4.96. The zero-order valence-electron chi connectivity index (χ0n) is 65.8. The van der Waals surface area contributed by atoms with E-state index >= 15 is 0 Å². The number of ether oxygens (including phenoxy) is 4. The molecule has 100 heavy (non-hydrogen) atoms. The predicted octanol–water partition coefficient (Wildman–Crippen LogP) is 24.0. The molecule has 0 spiro atoms. The predicted molar refractivity (Wildman–Crippen MR) is 409 cm³/mol. The van der Waals surface area contributed by atoms with Gasteiger partial charge in [0, 0.05) is 25.7 Å². The van der Waals surface area contributed by atoms with Gasteiger partial charge in [-0.25, -0.2) is 9.13 Å². The van der Waals surface area contributed by atoms with Gasteiger partial charge in [-0.05, 0) is 49.4 Å². The third kappa shape index (κ3) is 73.0. The van der Waals surface area contributed by atoms with Crippen molar-refractivity contribution in [3.05, 3.63) is 0 Å². The highest BCUT2D eigenvalue weighted by atomic mass is 31.2. The average molecular weight is 1470 g/mol. The maximum Gasteiger partial charge on any atom is 0.472 e. The van der Waals surface area contributed by atoms with Crippen molar-refractivity contribution < 1.29 is 80.2 Å². The van der Waals surface area contributed by atoms with Gasteiger partial charge in [0.15, 0.2) is 12.2 Å². The summed E-state index contributed by atoms with van der Waals surface area (Å²) in [5, 5.41) is 10.6. The molecule has 3 N–H and O–H groups in total. The van der Waals surface area contributed by atoms with E-state index < -0.39 is 97.5 Å². The lowest BCUT2D eigenvalue weighted by molar-refractivity contribution is -0.161. The normalized spacial score (nSPS) is 14.3. The fourth-order valence-corrected chi connectivity index (χ4v) is 14.0. The summed E-state index contributed by atoms with van der Waals surface area (Å²) in [5.41, 5.74) is 0. The molecular formula is C81H158O17P2. The molecule has 0 saturated heterocycles. The number of rotatable bonds is 78. The van der Waals surface area contributed by atoms with Crippen molar-refractivity contribution in [3.8, 4) is 0 Å². The monoisotopic (exact) mass is 1470 g/mol. The lowest BCUT2D eigenvalue weighted by atomic mass is 9.99. The number of hydrogen-bond donors (Lipinski definition) is 3. The quantitative estimate of drug-likeness (QED) is 0.0222. The summed E-state index contributed by atoms with van der Waals surface area (Å²) in [7, 11) is -9.92. The number of hydrogen-bond acceptors (Lipinski definition) is 15. The van der Waals surface area contributed by atoms with Crippen LogP contribution in [0.3, 0.4) is 0 Å². The molecule has 19 heteroatoms. The first kappa shape index (κ1) is 98.1. The molecule has 0 aliphatic carbocycles. The summed E-state index contributed by atoms with van der Waals surface area (Å²) in [6.45, 7) is 14.2. The molecule has 0 aliphatic rings. The molecule has 0 aromatic heterocycles. The van der Waals surface area contributed by atoms with E-state index in [2.05, 4.69) is 55.4 Å². The highest BCUT2D eigenvalue weighted by Gasteiger charge is 2.30. The maximum atomic E-state index is 13.1. The van der Waals surface area contributed by atoms with Crippen molar-refractivity contribution in [2.45, 2.75) is 433 Å². The molecule has 3 unspecified atom stereocenters. The molecule has 0 fully saturated rings. The average Bonchev–Trinajstić information content (AvgIpc) is 0.916. The van der Waals surface area contributed by atoms with Crippen LogP contribution in [0.2, 0.25) is 0 Å². The molecule has 0 radical (unpaired) electrons. The number of esters is 4. The van der Waals surface area contributed by atoms with E-state index in [-0.39, 0.29) is 25.7 Å². The summed E-state index contributed by atoms with van der Waals surface area (Å²) in [5.74, 6) is 0.956. The van der Waals surface area contributed by atoms with Gasteiger partial charge in [0.25, 0.3) is 0 Å². The molecule has 0 bridgehead atoms. The highest BCUT2D eigenvalue weighted by molar-refractivity contribution is 7.47. The van der Waals surface area contributed by atoms with E-state index in [0.29, 0.717) is 31.6 Å². The minimum Gasteiger partial charge on any atom is -0.462 e. The van der Waals surface area contributed by atoms with Crippen LogP contribution in [-0.2, 0) is 65.4 Å². The molecular weight excluding hydrogens is 1310 g/mol. The first-order valence-corrected chi connectivity index (χ1v) is 44.7. The first-order chi connectivity index (χ1) is 48.1. The highest BCUT2D eigenvalue weighted by Crippen LogP contribution is 2.45. The van der Waals surface area contributed by atoms with Gasteiger partial charge in [0.1, 0.15) is 19.3 Å². The van der Waals surface area contributed by atoms with Crippen LogP contribution in [-0.4, -0.2) is 96.7 Å². The molecule has 0 amide bonds. The van der Waals surface area contributed by atoms with Gasteiger partial charge in [0.05, 0.1) is 26.4 Å². The van der Waals surface area contributed by atoms with E-state index in [4.69, 9.17) is 37.0 Å². The van der Waals surface area contributed by atoms with Crippen LogP contribution in [0.15, 0.2) is 0 Å². The summed E-state index contributed by atoms with van der Waals surface area (Å²) < 4.78 is 68.6. The Bertz CT molecular complexity index is 1960. The Morgan fingerprint density at radius 2 is 0.480 bits per heavy atom. The van der Waals surface area contributed by atoms with Crippen molar-refractivity contribution >= 4 is 39.5 Å². The molecule has 0 aliphatic heterocycles. The Morgan fingerprint density at radius 1 is 0.280 bits per heavy atom. The summed E-state index contributed by atoms with van der Waals surface area (Å²) in [6.07, 6.45) is 57.2. The first-order valence-electron chi connectivity index (χ1n) is 41.7. The third-order valence-electron chi connectivity index (χ3n) is 19.2. The lowest BCUT2D eigenvalue weighted by Gasteiger charge is -2.21. The van der Waals surface area contributed by atoms with Crippen LogP contribution in [0.4, 0.5) is 0 Å². The number of phosphoric acid groups is 2. The van der Waals surface area contributed by atoms with Gasteiger partial charge in [-0.15, -0.1) is 0 Å². The number of phosphoric ester groups is 2. The number of carbonyl (C=O) groups is 4. The van der Waals surface area contributed by atoms with Gasteiger partial charge in [0.2, 0.25) is 0 Å². The largest absolute Gasteiger partial charge is 0.472 e. The standard InChI is InChI=1S/C81H158O17P2/c1-9-74(8)60-52-44-35-31-32-38-48-56-64-81(86)98-77(68-92-79(84)62-54-46-40-39-43-51-59-73(6)7)70-96-100(89,90)94-66-75(82)65-93-99(87,88)95-69-76(97-80(85)63-55-47-37-30-26-22-18-14-16-20-24-28-34-42-50-58-72(4)5)67-91-78(83)61-53-45-36-29-25-21-17-13-11-10-12-15-19-23-27-33-41-49-57-71(2)3/h71-77,82H,9-70H2,1-8H3,(H,87,88)(H,89,90)/t74?,75-,76-,77-/m1/s1. The van der Waals surface area contributed by atoms with E-state index in [1.807, 2.05) is 0 Å². The van der Waals surface area contributed by atoms with Crippen LogP contribution in [0.1, 0.15) is 415 Å². The second-order valence-electron chi connectivity index (χ2n) is 30.8. The Labute approximate surface area is 613 Å². The fraction of sp³-hybridized carbons (Fsp3) is 0.951. The summed E-state index contributed by atoms with van der Waals surface area (Å²) >= 11 is 0. The number of aliphatic hydroxyl groups excluding tert-OH is 1. The van der Waals surface area contributed by atoms with Crippen molar-refractivity contribution in [2.24, 2.45) is 23.7 Å². The van der Waals surface area contributed by atoms with E-state index in [1.54, 1.807) is 0 Å². The zero-order chi connectivity index (χ0) is 73.8. The molecule has 0 aromatic carbocycles. The van der Waals surface area contributed by atoms with Gasteiger partial charge >= 0.3 is 39.5 Å². The van der Waals surface area contributed by atoms with Crippen LogP contribution in [0.25, 0.3) is 0 Å². The fourth-order valence-electron chi connectivity index (χ4n) is 12.4. The Kier molecular flexibility index (Phi) is 68.7. The van der Waals surface area contributed by atoms with Crippen LogP contribution in [0, 0.1) is 23.7 Å². The Morgan fingerprint density at radius 3 is 0.710 bits per heavy atom. The Balaban J connectivity index is 5.20. The third-order valence-corrected chi connectivity index (χ3v) is 21.1. The van der Waals surface area contributed by atoms with E-state index in [1.165, 1.54) is 212 Å². The molecule has 0 heterocycles. The molecule has 594 valence electrons. The van der Waals surface area contributed by atoms with Crippen molar-refractivity contribution in [2.75, 3.05) is 39.6 Å². The van der Waals surface area contributed by atoms with E-state index in [0.717, 1.165) is 114 Å². The number of aliphatic hydroxyl groups is 1. The number of unbranched alkanes of at least 4 members (excludes halogenated alkanes) is 43. The van der Waals surface area contributed by atoms with Gasteiger partial charge < -0.3 is 33.8 Å². The molecule has 17 nitrogen and oxygen atoms in total. The van der Waals surface area contributed by atoms with E-state index in [9.17, 15) is 43.2 Å². The van der Waals surface area contributed by atoms with Gasteiger partial charge in [-0.2, -0.15) is 0 Å². The topological polar surface area (TPSA) is 237 Å². The SMILES string of the molecule is CCC(C)CCCCCCCCCCC(=O)O[C@H](COC(=O)CCCCCCCCC(C)C)COP(=O)(O)OC[C@H](O)COP(=O)(O)OC[C@@H](COC(=O)CCCCCCCCCCCCCCCCCCCCC(C)C)OC(=O)CCCCCCCCCCCCCCCCCC(C)C. The van der Waals surface area contributed by atoms with Crippen LogP contribution in [0.5, 0.6) is 0 Å². The molecule has 0 rings (SSSR count). The molecule has 0 saturated carbocycles. The maximum absolute atomic E-state index is 13.1. The van der Waals surface area contributed by atoms with Crippen LogP contribution < -0.4 is 0 Å². The van der Waals surface area contributed by atoms with Crippen molar-refractivity contribution in [1.29, 1.82) is 0 Å². The van der Waals surface area contributed by atoms with Crippen molar-refractivity contribution in [3.63, 3.8) is 0 Å². The summed E-state index contributed by atoms with van der Waals surface area (Å²) in [4.78, 5) is 72.9. The minimum absolute atomic E-state index is 0.104. The second-order valence-corrected chi connectivity index (χ2v) is 33.7. The van der Waals surface area contributed by atoms with Crippen LogP contribution >= 0.6 is 15.6 Å². The smallest absolute Gasteiger partial charge is 0.462 e. The molecule has 6 atom stereocenters. The zero-order valence-corrected chi connectivity index (χ0v) is 67.6. The lowest BCUT2D eigenvalue weighted by Crippen LogP contribution is -2.30.